The number of nitrogens with one attached hydrogen (secondary N) is 1. The summed E-state index contributed by atoms with van der Waals surface area (Å²) in [6.07, 6.45) is 11.3. The van der Waals surface area contributed by atoms with E-state index in [1.165, 1.54) is 56.4 Å². The molecule has 1 saturated carbocycles. The van der Waals surface area contributed by atoms with Crippen LogP contribution in [0.25, 0.3) is 17.2 Å². The molecule has 0 radical (unpaired) electrons. The van der Waals surface area contributed by atoms with Gasteiger partial charge in [0.15, 0.2) is 6.19 Å². The fraction of sp³-hybridized carbons (Fsp3) is 0.286. The van der Waals surface area contributed by atoms with Gasteiger partial charge in [0.1, 0.15) is 0 Å². The first kappa shape index (κ1) is 18.2. The monoisotopic (exact) mass is 366 g/mol. The molecular weight excluding hydrogens is 344 g/mol. The molecular formula is C21H22N2O2S. The van der Waals surface area contributed by atoms with Crippen molar-refractivity contribution < 1.29 is 8.42 Å². The van der Waals surface area contributed by atoms with Gasteiger partial charge in [-0.05, 0) is 42.9 Å². The van der Waals surface area contributed by atoms with Crippen molar-refractivity contribution in [2.24, 2.45) is 0 Å². The Morgan fingerprint density at radius 3 is 2.23 bits per heavy atom. The maximum Gasteiger partial charge on any atom is 0.270 e. The molecule has 134 valence electrons. The first-order chi connectivity index (χ1) is 12.6. The molecule has 0 heterocycles. The Balaban J connectivity index is 1.90. The molecule has 0 saturated heterocycles. The van der Waals surface area contributed by atoms with Crippen LogP contribution in [0, 0.1) is 11.5 Å². The molecule has 2 aromatic carbocycles. The van der Waals surface area contributed by atoms with Crippen LogP contribution in [-0.2, 0) is 10.0 Å². The molecule has 4 nitrogen and oxygen atoms in total. The fourth-order valence-electron chi connectivity index (χ4n) is 3.38. The minimum absolute atomic E-state index is 0.108. The molecule has 0 bridgehead atoms. The minimum atomic E-state index is -3.85. The van der Waals surface area contributed by atoms with Crippen molar-refractivity contribution in [3.05, 3.63) is 59.7 Å². The first-order valence-electron chi connectivity index (χ1n) is 8.90. The van der Waals surface area contributed by atoms with Crippen molar-refractivity contribution in [2.75, 3.05) is 0 Å². The van der Waals surface area contributed by atoms with E-state index >= 15 is 0 Å². The normalized spacial score (nSPS) is 15.0. The van der Waals surface area contributed by atoms with Gasteiger partial charge >= 0.3 is 0 Å². The Labute approximate surface area is 155 Å². The van der Waals surface area contributed by atoms with E-state index in [9.17, 15) is 8.42 Å². The van der Waals surface area contributed by atoms with Crippen molar-refractivity contribution in [1.29, 1.82) is 5.26 Å². The highest BCUT2D eigenvalue weighted by atomic mass is 32.2. The third-order valence-corrected chi connectivity index (χ3v) is 5.99. The molecule has 3 rings (SSSR count). The maximum atomic E-state index is 12.2. The van der Waals surface area contributed by atoms with Crippen LogP contribution in [0.2, 0.25) is 0 Å². The highest BCUT2D eigenvalue weighted by Gasteiger charge is 2.18. The summed E-state index contributed by atoms with van der Waals surface area (Å²) >= 11 is 0. The molecule has 0 aliphatic heterocycles. The van der Waals surface area contributed by atoms with Crippen LogP contribution in [0.5, 0.6) is 0 Å². The summed E-state index contributed by atoms with van der Waals surface area (Å²) in [5, 5.41) is 8.69. The van der Waals surface area contributed by atoms with Gasteiger partial charge in [0.2, 0.25) is 0 Å². The van der Waals surface area contributed by atoms with Gasteiger partial charge in [-0.2, -0.15) is 5.26 Å². The number of sulfonamides is 1. The summed E-state index contributed by atoms with van der Waals surface area (Å²) in [5.41, 5.74) is 4.04. The number of nitrogens with zero attached hydrogens (tertiary/aromatic N) is 1. The summed E-state index contributed by atoms with van der Waals surface area (Å²) in [7, 11) is -3.85. The van der Waals surface area contributed by atoms with Gasteiger partial charge in [0, 0.05) is 5.56 Å². The Bertz CT molecular complexity index is 929. The van der Waals surface area contributed by atoms with Crippen LogP contribution in [0.15, 0.2) is 59.0 Å². The van der Waals surface area contributed by atoms with Gasteiger partial charge in [0.05, 0.1) is 4.90 Å². The lowest BCUT2D eigenvalue weighted by molar-refractivity contribution is 0.591. The molecule has 0 unspecified atom stereocenters. The van der Waals surface area contributed by atoms with E-state index in [4.69, 9.17) is 5.26 Å². The number of rotatable bonds is 4. The van der Waals surface area contributed by atoms with Crippen molar-refractivity contribution in [3.8, 4) is 17.3 Å². The molecule has 5 heteroatoms. The van der Waals surface area contributed by atoms with Crippen molar-refractivity contribution >= 4 is 16.1 Å². The lowest BCUT2D eigenvalue weighted by atomic mass is 10.0. The third kappa shape index (κ3) is 4.33. The average molecular weight is 366 g/mol. The lowest BCUT2D eigenvalue weighted by Gasteiger charge is -2.10. The van der Waals surface area contributed by atoms with E-state index in [1.54, 1.807) is 18.2 Å². The van der Waals surface area contributed by atoms with Gasteiger partial charge < -0.3 is 0 Å². The van der Waals surface area contributed by atoms with Gasteiger partial charge in [-0.1, -0.05) is 67.0 Å². The van der Waals surface area contributed by atoms with Crippen molar-refractivity contribution in [3.63, 3.8) is 0 Å². The SMILES string of the molecule is N#CNS(=O)(=O)c1ccccc1-c1ccc(C=C2CCCCCC2)cc1. The summed E-state index contributed by atoms with van der Waals surface area (Å²) in [4.78, 5) is 0.108. The first-order valence-corrected chi connectivity index (χ1v) is 10.4. The molecule has 26 heavy (non-hydrogen) atoms. The lowest BCUT2D eigenvalue weighted by Crippen LogP contribution is -2.18. The molecule has 0 atom stereocenters. The summed E-state index contributed by atoms with van der Waals surface area (Å²) in [6.45, 7) is 0. The van der Waals surface area contributed by atoms with Crippen molar-refractivity contribution in [1.82, 2.24) is 4.72 Å². The zero-order chi connectivity index (χ0) is 18.4. The van der Waals surface area contributed by atoms with Crippen LogP contribution in [0.4, 0.5) is 0 Å². The molecule has 2 aromatic rings. The number of hydrogen-bond donors (Lipinski definition) is 1. The Morgan fingerprint density at radius 2 is 1.58 bits per heavy atom. The standard InChI is InChI=1S/C21H22N2O2S/c22-16-23-26(24,25)21-10-6-5-9-20(21)19-13-11-18(12-14-19)15-17-7-3-1-2-4-8-17/h5-6,9-15,23H,1-4,7-8H2. The average Bonchev–Trinajstić information content (AvgIpc) is 2.91. The van der Waals surface area contributed by atoms with E-state index in [1.807, 2.05) is 29.0 Å². The summed E-state index contributed by atoms with van der Waals surface area (Å²) in [5.74, 6) is 0. The molecule has 0 aromatic heterocycles. The fourth-order valence-corrected chi connectivity index (χ4v) is 4.34. The highest BCUT2D eigenvalue weighted by molar-refractivity contribution is 7.89. The predicted molar refractivity (Wildman–Crippen MR) is 103 cm³/mol. The van der Waals surface area contributed by atoms with Gasteiger partial charge in [0.25, 0.3) is 10.0 Å². The van der Waals surface area contributed by atoms with Gasteiger partial charge in [-0.3, -0.25) is 0 Å². The zero-order valence-corrected chi connectivity index (χ0v) is 15.4. The second kappa shape index (κ2) is 8.20. The Kier molecular flexibility index (Phi) is 5.75. The molecule has 1 aliphatic carbocycles. The van der Waals surface area contributed by atoms with Crippen LogP contribution in [-0.4, -0.2) is 8.42 Å². The smallest absolute Gasteiger partial charge is 0.215 e. The molecule has 1 N–H and O–H groups in total. The number of hydrogen-bond acceptors (Lipinski definition) is 3. The van der Waals surface area contributed by atoms with Crippen LogP contribution >= 0.6 is 0 Å². The number of allylic oxidation sites excluding steroid dienone is 1. The zero-order valence-electron chi connectivity index (χ0n) is 14.6. The maximum absolute atomic E-state index is 12.2. The van der Waals surface area contributed by atoms with E-state index in [-0.39, 0.29) is 4.90 Å². The number of benzene rings is 2. The second-order valence-corrected chi connectivity index (χ2v) is 8.20. The molecule has 0 amide bonds. The van der Waals surface area contributed by atoms with E-state index in [0.717, 1.165) is 11.1 Å². The third-order valence-electron chi connectivity index (χ3n) is 4.69. The molecule has 1 fully saturated rings. The van der Waals surface area contributed by atoms with Gasteiger partial charge in [-0.25, -0.2) is 13.1 Å². The van der Waals surface area contributed by atoms with E-state index in [0.29, 0.717) is 5.56 Å². The molecule has 0 spiro atoms. The topological polar surface area (TPSA) is 70.0 Å². The van der Waals surface area contributed by atoms with E-state index in [2.05, 4.69) is 6.08 Å². The highest BCUT2D eigenvalue weighted by Crippen LogP contribution is 2.29. The predicted octanol–water partition coefficient (Wildman–Crippen LogP) is 4.85. The van der Waals surface area contributed by atoms with Crippen molar-refractivity contribution in [2.45, 2.75) is 43.4 Å². The van der Waals surface area contributed by atoms with Crippen LogP contribution in [0.3, 0.4) is 0 Å². The Morgan fingerprint density at radius 1 is 0.923 bits per heavy atom. The summed E-state index contributed by atoms with van der Waals surface area (Å²) in [6, 6.07) is 14.6. The molecule has 1 aliphatic rings. The van der Waals surface area contributed by atoms with E-state index < -0.39 is 10.0 Å². The minimum Gasteiger partial charge on any atom is -0.215 e. The number of nitriles is 1. The van der Waals surface area contributed by atoms with Gasteiger partial charge in [-0.15, -0.1) is 0 Å². The van der Waals surface area contributed by atoms with Crippen LogP contribution in [0.1, 0.15) is 44.1 Å². The largest absolute Gasteiger partial charge is 0.270 e. The quantitative estimate of drug-likeness (QED) is 0.478. The summed E-state index contributed by atoms with van der Waals surface area (Å²) < 4.78 is 26.4. The Hall–Kier alpha value is -2.58. The van der Waals surface area contributed by atoms with Crippen LogP contribution < -0.4 is 4.72 Å². The second-order valence-electron chi connectivity index (χ2n) is 6.55.